The molecule has 1 N–H and O–H groups in total. The number of amides is 1. The van der Waals surface area contributed by atoms with Crippen molar-refractivity contribution < 1.29 is 13.2 Å². The third kappa shape index (κ3) is 5.36. The second kappa shape index (κ2) is 9.80. The van der Waals surface area contributed by atoms with Gasteiger partial charge in [0.25, 0.3) is 15.9 Å². The summed E-state index contributed by atoms with van der Waals surface area (Å²) in [7, 11) is -3.73. The molecule has 34 heavy (non-hydrogen) atoms. The molecular formula is C25H29N5O3S. The first-order valence-corrected chi connectivity index (χ1v) is 12.8. The van der Waals surface area contributed by atoms with Crippen molar-refractivity contribution in [3.05, 3.63) is 77.7 Å². The molecule has 178 valence electrons. The molecule has 9 heteroatoms. The minimum absolute atomic E-state index is 0.123. The highest BCUT2D eigenvalue weighted by molar-refractivity contribution is 7.92. The van der Waals surface area contributed by atoms with Crippen molar-refractivity contribution in [1.29, 1.82) is 0 Å². The van der Waals surface area contributed by atoms with Gasteiger partial charge in [-0.3, -0.25) is 9.52 Å². The molecule has 0 spiro atoms. The topological polar surface area (TPSA) is 95.5 Å². The SMILES string of the molecule is Cc1cc(N2CCN(C(=O)c3cccc(NS(=O)(=O)c4ccccc4)c3)CC2)nc(C(C)C)n1. The zero-order valence-corrected chi connectivity index (χ0v) is 20.4. The number of sulfonamides is 1. The number of piperazine rings is 1. The van der Waals surface area contributed by atoms with Crippen molar-refractivity contribution in [2.75, 3.05) is 35.8 Å². The molecule has 1 aromatic heterocycles. The normalized spacial score (nSPS) is 14.4. The van der Waals surface area contributed by atoms with Crippen LogP contribution in [-0.2, 0) is 10.0 Å². The predicted molar refractivity (Wildman–Crippen MR) is 133 cm³/mol. The highest BCUT2D eigenvalue weighted by Crippen LogP contribution is 2.21. The van der Waals surface area contributed by atoms with Gasteiger partial charge in [0.1, 0.15) is 11.6 Å². The van der Waals surface area contributed by atoms with E-state index in [9.17, 15) is 13.2 Å². The van der Waals surface area contributed by atoms with Gasteiger partial charge < -0.3 is 9.80 Å². The maximum atomic E-state index is 13.1. The molecule has 0 unspecified atom stereocenters. The van der Waals surface area contributed by atoms with Gasteiger partial charge in [-0.1, -0.05) is 38.1 Å². The number of nitrogens with one attached hydrogen (secondary N) is 1. The van der Waals surface area contributed by atoms with Gasteiger partial charge in [-0.2, -0.15) is 0 Å². The van der Waals surface area contributed by atoms with E-state index in [0.29, 0.717) is 37.4 Å². The van der Waals surface area contributed by atoms with Crippen LogP contribution in [0.2, 0.25) is 0 Å². The Morgan fingerprint density at radius 2 is 1.65 bits per heavy atom. The van der Waals surface area contributed by atoms with E-state index in [4.69, 9.17) is 4.98 Å². The van der Waals surface area contributed by atoms with Crippen molar-refractivity contribution >= 4 is 27.4 Å². The molecule has 3 aromatic rings. The van der Waals surface area contributed by atoms with Gasteiger partial charge >= 0.3 is 0 Å². The average Bonchev–Trinajstić information content (AvgIpc) is 2.84. The van der Waals surface area contributed by atoms with Gasteiger partial charge in [0, 0.05) is 55.1 Å². The largest absolute Gasteiger partial charge is 0.353 e. The number of aromatic nitrogens is 2. The zero-order chi connectivity index (χ0) is 24.3. The second-order valence-electron chi connectivity index (χ2n) is 8.66. The molecule has 0 radical (unpaired) electrons. The Hall–Kier alpha value is -3.46. The fourth-order valence-electron chi connectivity index (χ4n) is 3.85. The van der Waals surface area contributed by atoms with Crippen LogP contribution in [-0.4, -0.2) is 55.4 Å². The van der Waals surface area contributed by atoms with Crippen LogP contribution < -0.4 is 9.62 Å². The van der Waals surface area contributed by atoms with Crippen LogP contribution in [0.4, 0.5) is 11.5 Å². The van der Waals surface area contributed by atoms with Crippen molar-refractivity contribution in [1.82, 2.24) is 14.9 Å². The smallest absolute Gasteiger partial charge is 0.261 e. The van der Waals surface area contributed by atoms with Crippen LogP contribution in [0.15, 0.2) is 65.6 Å². The molecule has 0 aliphatic carbocycles. The molecule has 1 saturated heterocycles. The van der Waals surface area contributed by atoms with Crippen LogP contribution >= 0.6 is 0 Å². The molecule has 1 aliphatic heterocycles. The molecule has 4 rings (SSSR count). The Bertz CT molecular complexity index is 1270. The van der Waals surface area contributed by atoms with Gasteiger partial charge in [-0.15, -0.1) is 0 Å². The van der Waals surface area contributed by atoms with Gasteiger partial charge in [-0.25, -0.2) is 18.4 Å². The summed E-state index contributed by atoms with van der Waals surface area (Å²) in [5.74, 6) is 1.83. The van der Waals surface area contributed by atoms with Crippen molar-refractivity contribution in [3.63, 3.8) is 0 Å². The third-order valence-corrected chi connectivity index (χ3v) is 7.08. The quantitative estimate of drug-likeness (QED) is 0.580. The number of aryl methyl sites for hydroxylation is 1. The fraction of sp³-hybridized carbons (Fsp3) is 0.320. The lowest BCUT2D eigenvalue weighted by Gasteiger charge is -2.35. The van der Waals surface area contributed by atoms with Crippen molar-refractivity contribution in [2.45, 2.75) is 31.6 Å². The summed E-state index contributed by atoms with van der Waals surface area (Å²) in [4.78, 5) is 26.5. The molecule has 2 heterocycles. The average molecular weight is 480 g/mol. The molecule has 2 aromatic carbocycles. The summed E-state index contributed by atoms with van der Waals surface area (Å²) in [6.45, 7) is 8.56. The summed E-state index contributed by atoms with van der Waals surface area (Å²) in [5.41, 5.74) is 1.73. The highest BCUT2D eigenvalue weighted by atomic mass is 32.2. The van der Waals surface area contributed by atoms with Crippen LogP contribution in [0.25, 0.3) is 0 Å². The first-order chi connectivity index (χ1) is 16.2. The summed E-state index contributed by atoms with van der Waals surface area (Å²) < 4.78 is 27.8. The summed E-state index contributed by atoms with van der Waals surface area (Å²) in [5, 5.41) is 0. The van der Waals surface area contributed by atoms with E-state index >= 15 is 0 Å². The van der Waals surface area contributed by atoms with Gasteiger partial charge in [0.15, 0.2) is 0 Å². The Labute approximate surface area is 200 Å². The number of hydrogen-bond acceptors (Lipinski definition) is 6. The number of hydrogen-bond donors (Lipinski definition) is 1. The lowest BCUT2D eigenvalue weighted by molar-refractivity contribution is 0.0746. The Kier molecular flexibility index (Phi) is 6.83. The maximum Gasteiger partial charge on any atom is 0.261 e. The van der Waals surface area contributed by atoms with Crippen LogP contribution in [0, 0.1) is 6.92 Å². The minimum Gasteiger partial charge on any atom is -0.353 e. The molecule has 1 amide bonds. The lowest BCUT2D eigenvalue weighted by atomic mass is 10.1. The monoisotopic (exact) mass is 479 g/mol. The molecule has 0 bridgehead atoms. The fourth-order valence-corrected chi connectivity index (χ4v) is 4.92. The first-order valence-electron chi connectivity index (χ1n) is 11.3. The van der Waals surface area contributed by atoms with Crippen LogP contribution in [0.3, 0.4) is 0 Å². The summed E-state index contributed by atoms with van der Waals surface area (Å²) in [6.07, 6.45) is 0. The van der Waals surface area contributed by atoms with Crippen LogP contribution in [0.5, 0.6) is 0 Å². The summed E-state index contributed by atoms with van der Waals surface area (Å²) in [6, 6.07) is 16.7. The van der Waals surface area contributed by atoms with E-state index in [2.05, 4.69) is 28.5 Å². The molecule has 0 saturated carbocycles. The van der Waals surface area contributed by atoms with E-state index < -0.39 is 10.0 Å². The maximum absolute atomic E-state index is 13.1. The highest BCUT2D eigenvalue weighted by Gasteiger charge is 2.24. The Morgan fingerprint density at radius 1 is 0.941 bits per heavy atom. The number of nitrogens with zero attached hydrogens (tertiary/aromatic N) is 4. The number of benzene rings is 2. The minimum atomic E-state index is -3.73. The molecule has 1 aliphatic rings. The van der Waals surface area contributed by atoms with Gasteiger partial charge in [-0.05, 0) is 37.3 Å². The molecular weight excluding hydrogens is 450 g/mol. The first kappa shape index (κ1) is 23.7. The van der Waals surface area contributed by atoms with E-state index in [1.165, 1.54) is 12.1 Å². The Morgan fingerprint density at radius 3 is 2.32 bits per heavy atom. The Balaban J connectivity index is 1.43. The van der Waals surface area contributed by atoms with Gasteiger partial charge in [0.05, 0.1) is 4.90 Å². The van der Waals surface area contributed by atoms with Crippen molar-refractivity contribution in [2.24, 2.45) is 0 Å². The van der Waals surface area contributed by atoms with Crippen LogP contribution in [0.1, 0.15) is 41.6 Å². The van der Waals surface area contributed by atoms with E-state index in [0.717, 1.165) is 17.3 Å². The molecule has 0 atom stereocenters. The number of carbonyl (C=O) groups excluding carboxylic acids is 1. The second-order valence-corrected chi connectivity index (χ2v) is 10.3. The van der Waals surface area contributed by atoms with E-state index in [-0.39, 0.29) is 16.7 Å². The summed E-state index contributed by atoms with van der Waals surface area (Å²) >= 11 is 0. The predicted octanol–water partition coefficient (Wildman–Crippen LogP) is 3.67. The third-order valence-electron chi connectivity index (χ3n) is 5.68. The molecule has 1 fully saturated rings. The number of anilines is 2. The molecule has 8 nitrogen and oxygen atoms in total. The zero-order valence-electron chi connectivity index (χ0n) is 19.6. The van der Waals surface area contributed by atoms with Crippen molar-refractivity contribution in [3.8, 4) is 0 Å². The standard InChI is InChI=1S/C25H29N5O3S/c1-18(2)24-26-19(3)16-23(27-24)29-12-14-30(15-13-29)25(31)20-8-7-9-21(17-20)28-34(32,33)22-10-5-4-6-11-22/h4-11,16-18,28H,12-15H2,1-3H3. The number of rotatable bonds is 6. The lowest BCUT2D eigenvalue weighted by Crippen LogP contribution is -2.49. The van der Waals surface area contributed by atoms with E-state index in [1.807, 2.05) is 13.0 Å². The van der Waals surface area contributed by atoms with Gasteiger partial charge in [0.2, 0.25) is 0 Å². The van der Waals surface area contributed by atoms with E-state index in [1.54, 1.807) is 47.4 Å². The number of carbonyl (C=O) groups is 1.